The van der Waals surface area contributed by atoms with E-state index in [1.807, 2.05) is 20.8 Å². The van der Waals surface area contributed by atoms with Gasteiger partial charge in [-0.15, -0.1) is 12.4 Å². The van der Waals surface area contributed by atoms with Gasteiger partial charge >= 0.3 is 6.18 Å². The van der Waals surface area contributed by atoms with Crippen molar-refractivity contribution >= 4 is 24.0 Å². The van der Waals surface area contributed by atoms with E-state index in [1.54, 1.807) is 0 Å². The summed E-state index contributed by atoms with van der Waals surface area (Å²) in [6.45, 7) is 6.93. The van der Waals surface area contributed by atoms with Gasteiger partial charge in [-0.2, -0.15) is 13.2 Å². The minimum Gasteiger partial charge on any atom is -0.387 e. The highest BCUT2D eigenvalue weighted by Crippen LogP contribution is 2.36. The van der Waals surface area contributed by atoms with Crippen molar-refractivity contribution in [1.82, 2.24) is 5.32 Å². The lowest BCUT2D eigenvalue weighted by atomic mass is 10.0. The molecule has 1 unspecified atom stereocenters. The molecule has 0 bridgehead atoms. The molecule has 1 atom stereocenters. The van der Waals surface area contributed by atoms with E-state index in [0.717, 1.165) is 19.1 Å². The zero-order valence-corrected chi connectivity index (χ0v) is 14.2. The van der Waals surface area contributed by atoms with Crippen molar-refractivity contribution in [2.24, 2.45) is 0 Å². The van der Waals surface area contributed by atoms with Crippen molar-refractivity contribution in [3.8, 4) is 0 Å². The molecule has 1 aromatic carbocycles. The highest BCUT2D eigenvalue weighted by atomic mass is 35.5. The van der Waals surface area contributed by atoms with Crippen LogP contribution in [0.3, 0.4) is 0 Å². The summed E-state index contributed by atoms with van der Waals surface area (Å²) >= 11 is 0. The van der Waals surface area contributed by atoms with Gasteiger partial charge in [-0.1, -0.05) is 6.07 Å². The molecular weight excluding hydrogens is 333 g/mol. The van der Waals surface area contributed by atoms with Gasteiger partial charge < -0.3 is 15.7 Å². The second kappa shape index (κ2) is 7.99. The van der Waals surface area contributed by atoms with Crippen LogP contribution >= 0.6 is 12.4 Å². The molecule has 0 heterocycles. The molecule has 132 valence electrons. The third-order valence-corrected chi connectivity index (χ3v) is 2.87. The summed E-state index contributed by atoms with van der Waals surface area (Å²) < 4.78 is 39.2. The number of nitrogens with one attached hydrogen (secondary N) is 2. The van der Waals surface area contributed by atoms with Crippen molar-refractivity contribution in [1.29, 1.82) is 0 Å². The Balaban J connectivity index is 0.00000484. The molecule has 1 rings (SSSR count). The number of β-amino-alcohol motifs (C(OH)–C–C–N with tert-alkyl or cyclic N) is 1. The number of rotatable bonds is 4. The number of halogens is 4. The number of carbonyl (C=O) groups excluding carboxylic acids is 1. The number of hydrogen-bond donors (Lipinski definition) is 3. The van der Waals surface area contributed by atoms with Crippen LogP contribution in [0.5, 0.6) is 0 Å². The SMILES string of the molecule is CC(=O)Nc1ccc(C(O)CNC(C)(C)C)cc1C(F)(F)F.Cl. The molecule has 4 nitrogen and oxygen atoms in total. The average Bonchev–Trinajstić information content (AvgIpc) is 2.33. The maximum atomic E-state index is 13.1. The predicted molar refractivity (Wildman–Crippen MR) is 85.7 cm³/mol. The molecule has 8 heteroatoms. The summed E-state index contributed by atoms with van der Waals surface area (Å²) in [6.07, 6.45) is -5.70. The Morgan fingerprint density at radius 3 is 2.26 bits per heavy atom. The summed E-state index contributed by atoms with van der Waals surface area (Å²) in [5.74, 6) is -0.590. The van der Waals surface area contributed by atoms with E-state index < -0.39 is 23.8 Å². The summed E-state index contributed by atoms with van der Waals surface area (Å²) in [7, 11) is 0. The van der Waals surface area contributed by atoms with E-state index in [4.69, 9.17) is 0 Å². The van der Waals surface area contributed by atoms with Gasteiger partial charge in [-0.05, 0) is 38.5 Å². The summed E-state index contributed by atoms with van der Waals surface area (Å²) in [6, 6.07) is 3.38. The molecule has 0 aliphatic heterocycles. The fourth-order valence-corrected chi connectivity index (χ4v) is 1.82. The topological polar surface area (TPSA) is 61.4 Å². The Bertz CT molecular complexity index is 543. The third-order valence-electron chi connectivity index (χ3n) is 2.87. The number of alkyl halides is 3. The fraction of sp³-hybridized carbons (Fsp3) is 0.533. The van der Waals surface area contributed by atoms with Gasteiger partial charge in [0.25, 0.3) is 0 Å². The number of benzene rings is 1. The summed E-state index contributed by atoms with van der Waals surface area (Å²) in [4.78, 5) is 11.0. The van der Waals surface area contributed by atoms with Crippen LogP contribution in [0, 0.1) is 0 Å². The second-order valence-electron chi connectivity index (χ2n) is 6.13. The zero-order chi connectivity index (χ0) is 17.1. The average molecular weight is 355 g/mol. The van der Waals surface area contributed by atoms with Gasteiger partial charge in [0.1, 0.15) is 0 Å². The van der Waals surface area contributed by atoms with Crippen LogP contribution in [0.25, 0.3) is 0 Å². The lowest BCUT2D eigenvalue weighted by Gasteiger charge is -2.23. The van der Waals surface area contributed by atoms with Crippen LogP contribution in [-0.4, -0.2) is 23.1 Å². The van der Waals surface area contributed by atoms with Gasteiger partial charge in [-0.25, -0.2) is 0 Å². The lowest BCUT2D eigenvalue weighted by molar-refractivity contribution is -0.137. The Kier molecular flexibility index (Phi) is 7.53. The quantitative estimate of drug-likeness (QED) is 0.775. The number of amides is 1. The van der Waals surface area contributed by atoms with Crippen LogP contribution in [-0.2, 0) is 11.0 Å². The zero-order valence-electron chi connectivity index (χ0n) is 13.4. The molecule has 0 fully saturated rings. The molecule has 1 aromatic rings. The minimum absolute atomic E-state index is 0. The van der Waals surface area contributed by atoms with Crippen LogP contribution in [0.2, 0.25) is 0 Å². The molecule has 0 radical (unpaired) electrons. The standard InChI is InChI=1S/C15H21F3N2O2.ClH/c1-9(21)20-12-6-5-10(7-11(12)15(16,17)18)13(22)8-19-14(2,3)4;/h5-7,13,19,22H,8H2,1-4H3,(H,20,21);1H. The van der Waals surface area contributed by atoms with E-state index in [2.05, 4.69) is 10.6 Å². The molecular formula is C15H22ClF3N2O2. The molecule has 0 aliphatic carbocycles. The van der Waals surface area contributed by atoms with Crippen LogP contribution in [0.1, 0.15) is 44.9 Å². The van der Waals surface area contributed by atoms with Crippen LogP contribution < -0.4 is 10.6 Å². The third kappa shape index (κ3) is 7.20. The lowest BCUT2D eigenvalue weighted by Crippen LogP contribution is -2.38. The fourth-order valence-electron chi connectivity index (χ4n) is 1.82. The minimum atomic E-state index is -4.62. The van der Waals surface area contributed by atoms with Gasteiger partial charge in [0, 0.05) is 19.0 Å². The number of hydrogen-bond acceptors (Lipinski definition) is 3. The first kappa shape index (κ1) is 21.7. The second-order valence-corrected chi connectivity index (χ2v) is 6.13. The number of aliphatic hydroxyl groups is 1. The van der Waals surface area contributed by atoms with E-state index >= 15 is 0 Å². The van der Waals surface area contributed by atoms with Crippen molar-refractivity contribution in [3.63, 3.8) is 0 Å². The summed E-state index contributed by atoms with van der Waals surface area (Å²) in [5, 5.41) is 15.2. The molecule has 0 aromatic heterocycles. The Hall–Kier alpha value is -1.31. The Morgan fingerprint density at radius 1 is 1.26 bits per heavy atom. The Labute approximate surface area is 139 Å². The Morgan fingerprint density at radius 2 is 1.83 bits per heavy atom. The maximum Gasteiger partial charge on any atom is 0.418 e. The van der Waals surface area contributed by atoms with Crippen molar-refractivity contribution in [3.05, 3.63) is 29.3 Å². The van der Waals surface area contributed by atoms with E-state index in [-0.39, 0.29) is 35.7 Å². The number of aliphatic hydroxyl groups excluding tert-OH is 1. The van der Waals surface area contributed by atoms with Crippen molar-refractivity contribution in [2.75, 3.05) is 11.9 Å². The highest BCUT2D eigenvalue weighted by molar-refractivity contribution is 5.89. The first-order valence-electron chi connectivity index (χ1n) is 6.82. The van der Waals surface area contributed by atoms with Crippen LogP contribution in [0.4, 0.5) is 18.9 Å². The number of anilines is 1. The van der Waals surface area contributed by atoms with Gasteiger partial charge in [0.05, 0.1) is 17.4 Å². The number of carbonyl (C=O) groups is 1. The van der Waals surface area contributed by atoms with Gasteiger partial charge in [0.2, 0.25) is 5.91 Å². The molecule has 23 heavy (non-hydrogen) atoms. The predicted octanol–water partition coefficient (Wildman–Crippen LogP) is 3.51. The molecule has 0 aliphatic rings. The summed E-state index contributed by atoms with van der Waals surface area (Å²) in [5.41, 5.74) is -1.42. The normalized spacial score (nSPS) is 13.2. The molecule has 1 amide bonds. The van der Waals surface area contributed by atoms with E-state index in [1.165, 1.54) is 6.07 Å². The molecule has 0 spiro atoms. The largest absolute Gasteiger partial charge is 0.418 e. The van der Waals surface area contributed by atoms with Crippen molar-refractivity contribution < 1.29 is 23.1 Å². The first-order chi connectivity index (χ1) is 9.90. The van der Waals surface area contributed by atoms with Crippen LogP contribution in [0.15, 0.2) is 18.2 Å². The maximum absolute atomic E-state index is 13.1. The smallest absolute Gasteiger partial charge is 0.387 e. The molecule has 0 saturated carbocycles. The van der Waals surface area contributed by atoms with E-state index in [0.29, 0.717) is 0 Å². The highest BCUT2D eigenvalue weighted by Gasteiger charge is 2.34. The monoisotopic (exact) mass is 354 g/mol. The van der Waals surface area contributed by atoms with E-state index in [9.17, 15) is 23.1 Å². The molecule has 0 saturated heterocycles. The molecule has 3 N–H and O–H groups in total. The van der Waals surface area contributed by atoms with Crippen molar-refractivity contribution in [2.45, 2.75) is 45.5 Å². The van der Waals surface area contributed by atoms with Gasteiger partial charge in [0.15, 0.2) is 0 Å². The van der Waals surface area contributed by atoms with Gasteiger partial charge in [-0.3, -0.25) is 4.79 Å². The first-order valence-corrected chi connectivity index (χ1v) is 6.82.